The predicted molar refractivity (Wildman–Crippen MR) is 48.8 cm³/mol. The van der Waals surface area contributed by atoms with Gasteiger partial charge in [0.15, 0.2) is 0 Å². The summed E-state index contributed by atoms with van der Waals surface area (Å²) in [6.07, 6.45) is 6.50. The molecule has 0 saturated heterocycles. The van der Waals surface area contributed by atoms with Gasteiger partial charge in [-0.15, -0.1) is 0 Å². The van der Waals surface area contributed by atoms with E-state index in [9.17, 15) is 5.11 Å². The molecule has 1 aromatic heterocycles. The van der Waals surface area contributed by atoms with E-state index in [2.05, 4.69) is 21.0 Å². The minimum atomic E-state index is -0.211. The maximum atomic E-state index is 9.58. The highest BCUT2D eigenvalue weighted by Crippen LogP contribution is 2.29. The molecule has 0 amide bonds. The van der Waals surface area contributed by atoms with Crippen LogP contribution in [-0.2, 0) is 0 Å². The first kappa shape index (κ1) is 8.26. The largest absolute Gasteiger partial charge is 0.391 e. The zero-order chi connectivity index (χ0) is 8.55. The van der Waals surface area contributed by atoms with Gasteiger partial charge in [-0.3, -0.25) is 4.68 Å². The van der Waals surface area contributed by atoms with Crippen LogP contribution in [-0.4, -0.2) is 21.0 Å². The summed E-state index contributed by atoms with van der Waals surface area (Å²) in [5.41, 5.74) is 0. The highest BCUT2D eigenvalue weighted by molar-refractivity contribution is 9.10. The maximum Gasteiger partial charge on any atom is 0.0778 e. The van der Waals surface area contributed by atoms with Gasteiger partial charge >= 0.3 is 0 Å². The minimum absolute atomic E-state index is 0.191. The SMILES string of the molecule is O[C@@H]1CCC[C@H]1n1cc(Br)cn1. The lowest BCUT2D eigenvalue weighted by molar-refractivity contribution is 0.130. The number of nitrogens with zero attached hydrogens (tertiary/aromatic N) is 2. The first-order valence-corrected chi connectivity index (χ1v) is 4.94. The first-order valence-electron chi connectivity index (χ1n) is 4.15. The number of aliphatic hydroxyl groups excluding tert-OH is 1. The van der Waals surface area contributed by atoms with Crippen LogP contribution in [0.15, 0.2) is 16.9 Å². The Morgan fingerprint density at radius 2 is 2.42 bits per heavy atom. The lowest BCUT2D eigenvalue weighted by Crippen LogP contribution is -2.18. The van der Waals surface area contributed by atoms with Crippen molar-refractivity contribution in [2.45, 2.75) is 31.4 Å². The van der Waals surface area contributed by atoms with Gasteiger partial charge < -0.3 is 5.11 Å². The van der Waals surface area contributed by atoms with Crippen molar-refractivity contribution in [3.05, 3.63) is 16.9 Å². The van der Waals surface area contributed by atoms with Crippen LogP contribution in [0.1, 0.15) is 25.3 Å². The van der Waals surface area contributed by atoms with Gasteiger partial charge in [0.2, 0.25) is 0 Å². The average Bonchev–Trinajstić information content (AvgIpc) is 2.58. The molecule has 0 spiro atoms. The summed E-state index contributed by atoms with van der Waals surface area (Å²) in [6, 6.07) is 0.191. The van der Waals surface area contributed by atoms with Crippen molar-refractivity contribution in [3.63, 3.8) is 0 Å². The molecule has 2 rings (SSSR count). The Balaban J connectivity index is 2.19. The fourth-order valence-electron chi connectivity index (χ4n) is 1.73. The summed E-state index contributed by atoms with van der Waals surface area (Å²) in [5, 5.41) is 13.7. The number of hydrogen-bond acceptors (Lipinski definition) is 2. The van der Waals surface area contributed by atoms with Gasteiger partial charge in [-0.1, -0.05) is 0 Å². The van der Waals surface area contributed by atoms with Crippen LogP contribution in [0.2, 0.25) is 0 Å². The quantitative estimate of drug-likeness (QED) is 0.799. The van der Waals surface area contributed by atoms with Gasteiger partial charge in [0.25, 0.3) is 0 Å². The minimum Gasteiger partial charge on any atom is -0.391 e. The topological polar surface area (TPSA) is 38.0 Å². The van der Waals surface area contributed by atoms with Gasteiger partial charge in [-0.2, -0.15) is 5.10 Å². The molecule has 12 heavy (non-hydrogen) atoms. The van der Waals surface area contributed by atoms with E-state index in [4.69, 9.17) is 0 Å². The summed E-state index contributed by atoms with van der Waals surface area (Å²) < 4.78 is 2.82. The molecule has 66 valence electrons. The summed E-state index contributed by atoms with van der Waals surface area (Å²) in [5.74, 6) is 0. The van der Waals surface area contributed by atoms with E-state index in [0.29, 0.717) is 0 Å². The van der Waals surface area contributed by atoms with Gasteiger partial charge in [0, 0.05) is 6.20 Å². The summed E-state index contributed by atoms with van der Waals surface area (Å²) in [7, 11) is 0. The molecule has 1 heterocycles. The van der Waals surface area contributed by atoms with Crippen LogP contribution in [0.25, 0.3) is 0 Å². The number of aromatic nitrogens is 2. The summed E-state index contributed by atoms with van der Waals surface area (Å²) in [4.78, 5) is 0. The van der Waals surface area contributed by atoms with E-state index in [0.717, 1.165) is 23.7 Å². The van der Waals surface area contributed by atoms with Crippen LogP contribution < -0.4 is 0 Å². The zero-order valence-electron chi connectivity index (χ0n) is 6.65. The van der Waals surface area contributed by atoms with E-state index < -0.39 is 0 Å². The van der Waals surface area contributed by atoms with Crippen LogP contribution in [0, 0.1) is 0 Å². The zero-order valence-corrected chi connectivity index (χ0v) is 8.24. The third kappa shape index (κ3) is 1.41. The van der Waals surface area contributed by atoms with Crippen molar-refractivity contribution >= 4 is 15.9 Å². The molecule has 0 unspecified atom stereocenters. The van der Waals surface area contributed by atoms with E-state index in [1.807, 2.05) is 10.9 Å². The fraction of sp³-hybridized carbons (Fsp3) is 0.625. The van der Waals surface area contributed by atoms with Gasteiger partial charge in [0.05, 0.1) is 22.8 Å². The fourth-order valence-corrected chi connectivity index (χ4v) is 2.03. The van der Waals surface area contributed by atoms with Crippen LogP contribution in [0.5, 0.6) is 0 Å². The highest BCUT2D eigenvalue weighted by atomic mass is 79.9. The monoisotopic (exact) mass is 230 g/mol. The highest BCUT2D eigenvalue weighted by Gasteiger charge is 2.26. The molecule has 1 saturated carbocycles. The van der Waals surface area contributed by atoms with Crippen LogP contribution in [0.4, 0.5) is 0 Å². The van der Waals surface area contributed by atoms with Gasteiger partial charge in [-0.25, -0.2) is 0 Å². The van der Waals surface area contributed by atoms with Crippen molar-refractivity contribution in [2.75, 3.05) is 0 Å². The second kappa shape index (κ2) is 3.18. The molecule has 1 fully saturated rings. The van der Waals surface area contributed by atoms with Crippen molar-refractivity contribution in [3.8, 4) is 0 Å². The molecular weight excluding hydrogens is 220 g/mol. The van der Waals surface area contributed by atoms with Gasteiger partial charge in [0.1, 0.15) is 0 Å². The Hall–Kier alpha value is -0.350. The van der Waals surface area contributed by atoms with E-state index in [-0.39, 0.29) is 12.1 Å². The van der Waals surface area contributed by atoms with E-state index in [1.165, 1.54) is 0 Å². The molecule has 2 atom stereocenters. The Labute approximate surface area is 79.5 Å². The molecule has 1 aliphatic rings. The molecular formula is C8H11BrN2O. The third-order valence-corrected chi connectivity index (χ3v) is 2.76. The molecule has 0 bridgehead atoms. The maximum absolute atomic E-state index is 9.58. The summed E-state index contributed by atoms with van der Waals surface area (Å²) in [6.45, 7) is 0. The lowest BCUT2D eigenvalue weighted by atomic mass is 10.2. The molecule has 4 heteroatoms. The summed E-state index contributed by atoms with van der Waals surface area (Å²) >= 11 is 3.33. The predicted octanol–water partition coefficient (Wildman–Crippen LogP) is 1.73. The van der Waals surface area contributed by atoms with Crippen molar-refractivity contribution < 1.29 is 5.11 Å². The van der Waals surface area contributed by atoms with Crippen LogP contribution in [0.3, 0.4) is 0 Å². The Morgan fingerprint density at radius 1 is 1.58 bits per heavy atom. The normalized spacial score (nSPS) is 29.5. The van der Waals surface area contributed by atoms with Crippen LogP contribution >= 0.6 is 15.9 Å². The second-order valence-corrected chi connectivity index (χ2v) is 4.12. The number of aliphatic hydroxyl groups is 1. The number of halogens is 1. The van der Waals surface area contributed by atoms with Crippen molar-refractivity contribution in [1.29, 1.82) is 0 Å². The van der Waals surface area contributed by atoms with Crippen molar-refractivity contribution in [1.82, 2.24) is 9.78 Å². The Morgan fingerprint density at radius 3 is 2.92 bits per heavy atom. The first-order chi connectivity index (χ1) is 5.77. The molecule has 0 aliphatic heterocycles. The van der Waals surface area contributed by atoms with Gasteiger partial charge in [-0.05, 0) is 35.2 Å². The number of hydrogen-bond donors (Lipinski definition) is 1. The molecule has 0 aromatic carbocycles. The molecule has 0 radical (unpaired) electrons. The molecule has 1 aliphatic carbocycles. The molecule has 3 nitrogen and oxygen atoms in total. The Kier molecular flexibility index (Phi) is 2.19. The third-order valence-electron chi connectivity index (χ3n) is 2.35. The van der Waals surface area contributed by atoms with Crippen molar-refractivity contribution in [2.24, 2.45) is 0 Å². The number of rotatable bonds is 1. The standard InChI is InChI=1S/C8H11BrN2O/c9-6-4-10-11(5-6)7-2-1-3-8(7)12/h4-5,7-8,12H,1-3H2/t7-,8-/m1/s1. The molecule has 1 aromatic rings. The molecule has 1 N–H and O–H groups in total. The smallest absolute Gasteiger partial charge is 0.0778 e. The average molecular weight is 231 g/mol. The second-order valence-electron chi connectivity index (χ2n) is 3.20. The van der Waals surface area contributed by atoms with E-state index >= 15 is 0 Å². The lowest BCUT2D eigenvalue weighted by Gasteiger charge is -2.14. The van der Waals surface area contributed by atoms with E-state index in [1.54, 1.807) is 6.20 Å². The Bertz CT molecular complexity index is 274.